The van der Waals surface area contributed by atoms with Crippen molar-refractivity contribution < 1.29 is 9.84 Å². The van der Waals surface area contributed by atoms with E-state index in [1.807, 2.05) is 11.8 Å². The fourth-order valence-corrected chi connectivity index (χ4v) is 5.81. The van der Waals surface area contributed by atoms with Crippen molar-refractivity contribution in [3.63, 3.8) is 0 Å². The first-order valence-corrected chi connectivity index (χ1v) is 10.7. The van der Waals surface area contributed by atoms with Crippen molar-refractivity contribution in [2.24, 2.45) is 10.4 Å². The number of nitrogens with one attached hydrogen (secondary N) is 2. The van der Waals surface area contributed by atoms with Gasteiger partial charge in [-0.3, -0.25) is 4.99 Å². The van der Waals surface area contributed by atoms with Crippen molar-refractivity contribution in [2.45, 2.75) is 70.1 Å². The summed E-state index contributed by atoms with van der Waals surface area (Å²) >= 11 is 1.82. The molecule has 146 valence electrons. The van der Waals surface area contributed by atoms with E-state index >= 15 is 0 Å². The van der Waals surface area contributed by atoms with Crippen molar-refractivity contribution in [2.75, 3.05) is 31.2 Å². The summed E-state index contributed by atoms with van der Waals surface area (Å²) in [4.78, 5) is 4.70. The molecule has 3 N–H and O–H groups in total. The van der Waals surface area contributed by atoms with Gasteiger partial charge in [-0.15, -0.1) is 24.0 Å². The lowest BCUT2D eigenvalue weighted by atomic mass is 9.60. The predicted octanol–water partition coefficient (Wildman–Crippen LogP) is 2.77. The Labute approximate surface area is 173 Å². The Hall–Kier alpha value is 0.270. The normalized spacial score (nSPS) is 33.8. The fraction of sp³-hybridized carbons (Fsp3) is 0.944. The van der Waals surface area contributed by atoms with E-state index in [2.05, 4.69) is 24.5 Å². The second-order valence-electron chi connectivity index (χ2n) is 7.54. The molecule has 0 aromatic heterocycles. The zero-order valence-electron chi connectivity index (χ0n) is 15.6. The summed E-state index contributed by atoms with van der Waals surface area (Å²) in [7, 11) is 0. The Morgan fingerprint density at radius 3 is 2.64 bits per heavy atom. The zero-order chi connectivity index (χ0) is 17.0. The number of halogens is 1. The van der Waals surface area contributed by atoms with Crippen molar-refractivity contribution in [3.8, 4) is 0 Å². The molecule has 1 heterocycles. The van der Waals surface area contributed by atoms with Gasteiger partial charge in [0.1, 0.15) is 0 Å². The van der Waals surface area contributed by atoms with Gasteiger partial charge in [-0.25, -0.2) is 0 Å². The van der Waals surface area contributed by atoms with Crippen LogP contribution in [0, 0.1) is 5.41 Å². The number of thioether (sulfide) groups is 1. The lowest BCUT2D eigenvalue weighted by molar-refractivity contribution is -0.125. The first-order chi connectivity index (χ1) is 11.6. The monoisotopic (exact) mass is 483 g/mol. The van der Waals surface area contributed by atoms with Crippen LogP contribution in [0.4, 0.5) is 0 Å². The molecule has 0 radical (unpaired) electrons. The maximum Gasteiger partial charge on any atom is 0.191 e. The summed E-state index contributed by atoms with van der Waals surface area (Å²) in [6.07, 6.45) is 7.46. The first kappa shape index (κ1) is 21.6. The molecule has 3 rings (SSSR count). The second-order valence-corrected chi connectivity index (χ2v) is 8.64. The average Bonchev–Trinajstić information content (AvgIpc) is 3.23. The van der Waals surface area contributed by atoms with Gasteiger partial charge < -0.3 is 20.5 Å². The highest BCUT2D eigenvalue weighted by Gasteiger charge is 2.57. The molecule has 25 heavy (non-hydrogen) atoms. The van der Waals surface area contributed by atoms with Gasteiger partial charge in [0.2, 0.25) is 0 Å². The van der Waals surface area contributed by atoms with Crippen LogP contribution < -0.4 is 10.6 Å². The average molecular weight is 483 g/mol. The smallest absolute Gasteiger partial charge is 0.191 e. The van der Waals surface area contributed by atoms with Crippen LogP contribution in [0.1, 0.15) is 52.4 Å². The molecule has 1 spiro atoms. The van der Waals surface area contributed by atoms with Gasteiger partial charge >= 0.3 is 0 Å². The van der Waals surface area contributed by atoms with Gasteiger partial charge in [-0.05, 0) is 45.3 Å². The van der Waals surface area contributed by atoms with E-state index in [0.717, 1.165) is 43.5 Å². The number of ether oxygens (including phenoxy) is 1. The molecule has 3 fully saturated rings. The quantitative estimate of drug-likeness (QED) is 0.308. The Bertz CT molecular complexity index is 452. The molecule has 3 atom stereocenters. The molecule has 0 aromatic carbocycles. The minimum atomic E-state index is -0.620. The molecule has 1 saturated heterocycles. The molecule has 3 aliphatic rings. The Morgan fingerprint density at radius 2 is 2.04 bits per heavy atom. The first-order valence-electron chi connectivity index (χ1n) is 9.58. The molecule has 2 aliphatic carbocycles. The highest BCUT2D eigenvalue weighted by molar-refractivity contribution is 14.0. The van der Waals surface area contributed by atoms with Crippen LogP contribution in [0.25, 0.3) is 0 Å². The number of aliphatic imine (C=N–C) groups is 1. The van der Waals surface area contributed by atoms with Crippen LogP contribution >= 0.6 is 35.7 Å². The van der Waals surface area contributed by atoms with Gasteiger partial charge in [0.15, 0.2) is 5.96 Å². The summed E-state index contributed by atoms with van der Waals surface area (Å²) in [5.41, 5.74) is -0.322. The minimum absolute atomic E-state index is 0. The molecule has 1 aliphatic heterocycles. The number of guanidine groups is 1. The summed E-state index contributed by atoms with van der Waals surface area (Å²) in [5.74, 6) is 2.70. The second kappa shape index (κ2) is 9.46. The van der Waals surface area contributed by atoms with Gasteiger partial charge in [-0.1, -0.05) is 12.8 Å². The third-order valence-electron chi connectivity index (χ3n) is 5.96. The Kier molecular flexibility index (Phi) is 8.16. The summed E-state index contributed by atoms with van der Waals surface area (Å²) < 4.78 is 6.00. The van der Waals surface area contributed by atoms with Crippen LogP contribution in [-0.4, -0.2) is 60.0 Å². The fourth-order valence-electron chi connectivity index (χ4n) is 4.52. The molecule has 3 unspecified atom stereocenters. The molecule has 0 amide bonds. The van der Waals surface area contributed by atoms with Gasteiger partial charge in [0.25, 0.3) is 0 Å². The number of hydrogen-bond acceptors (Lipinski definition) is 4. The van der Waals surface area contributed by atoms with E-state index in [4.69, 9.17) is 9.73 Å². The molecular weight excluding hydrogens is 449 g/mol. The van der Waals surface area contributed by atoms with Gasteiger partial charge in [-0.2, -0.15) is 11.8 Å². The van der Waals surface area contributed by atoms with Crippen LogP contribution in [0.3, 0.4) is 0 Å². The van der Waals surface area contributed by atoms with Crippen LogP contribution in [0.2, 0.25) is 0 Å². The molecule has 7 heteroatoms. The highest BCUT2D eigenvalue weighted by atomic mass is 127. The highest BCUT2D eigenvalue weighted by Crippen LogP contribution is 2.54. The largest absolute Gasteiger partial charge is 0.387 e. The van der Waals surface area contributed by atoms with E-state index in [0.29, 0.717) is 24.1 Å². The van der Waals surface area contributed by atoms with Gasteiger partial charge in [0, 0.05) is 30.4 Å². The standard InChI is InChI=1S/C18H33N3O2S.HI/c1-3-19-16(20-12-17(22)9-10-24-13-17)21-14-11-15(23-4-2)18(14)7-5-6-8-18;/h14-15,22H,3-13H2,1-2H3,(H2,19,20,21);1H. The van der Waals surface area contributed by atoms with Crippen molar-refractivity contribution in [1.82, 2.24) is 10.6 Å². The molecule has 5 nitrogen and oxygen atoms in total. The SMILES string of the molecule is CCNC(=NCC1(O)CCSC1)NC1CC(OCC)C12CCCC2.I. The van der Waals surface area contributed by atoms with E-state index in [1.165, 1.54) is 25.7 Å². The molecule has 0 bridgehead atoms. The van der Waals surface area contributed by atoms with Crippen molar-refractivity contribution >= 4 is 41.7 Å². The summed E-state index contributed by atoms with van der Waals surface area (Å²) in [6.45, 7) is 6.32. The van der Waals surface area contributed by atoms with E-state index in [-0.39, 0.29) is 24.0 Å². The topological polar surface area (TPSA) is 65.9 Å². The van der Waals surface area contributed by atoms with E-state index in [1.54, 1.807) is 0 Å². The Morgan fingerprint density at radius 1 is 1.28 bits per heavy atom. The zero-order valence-corrected chi connectivity index (χ0v) is 18.7. The third-order valence-corrected chi connectivity index (χ3v) is 7.19. The van der Waals surface area contributed by atoms with E-state index < -0.39 is 5.60 Å². The van der Waals surface area contributed by atoms with Crippen LogP contribution in [0.15, 0.2) is 4.99 Å². The van der Waals surface area contributed by atoms with E-state index in [9.17, 15) is 5.11 Å². The van der Waals surface area contributed by atoms with Crippen molar-refractivity contribution in [3.05, 3.63) is 0 Å². The lowest BCUT2D eigenvalue weighted by Crippen LogP contribution is -2.65. The van der Waals surface area contributed by atoms with Gasteiger partial charge in [0.05, 0.1) is 18.2 Å². The summed E-state index contributed by atoms with van der Waals surface area (Å²) in [6, 6.07) is 0.446. The maximum atomic E-state index is 10.5. The lowest BCUT2D eigenvalue weighted by Gasteiger charge is -2.54. The molecule has 0 aromatic rings. The van der Waals surface area contributed by atoms with Crippen LogP contribution in [-0.2, 0) is 4.74 Å². The number of aliphatic hydroxyl groups is 1. The summed E-state index contributed by atoms with van der Waals surface area (Å²) in [5, 5.41) is 17.5. The number of hydrogen-bond donors (Lipinski definition) is 3. The maximum absolute atomic E-state index is 10.5. The molecule has 2 saturated carbocycles. The molecular formula is C18H34IN3O2S. The van der Waals surface area contributed by atoms with Crippen LogP contribution in [0.5, 0.6) is 0 Å². The van der Waals surface area contributed by atoms with Crippen molar-refractivity contribution in [1.29, 1.82) is 0 Å². The minimum Gasteiger partial charge on any atom is -0.387 e. The number of nitrogens with zero attached hydrogens (tertiary/aromatic N) is 1. The number of rotatable bonds is 6. The Balaban J connectivity index is 0.00000225. The predicted molar refractivity (Wildman–Crippen MR) is 116 cm³/mol. The third kappa shape index (κ3) is 4.76.